The topological polar surface area (TPSA) is 26.3 Å². The summed E-state index contributed by atoms with van der Waals surface area (Å²) in [5.74, 6) is 0.282. The van der Waals surface area contributed by atoms with Crippen molar-refractivity contribution >= 4 is 5.97 Å². The van der Waals surface area contributed by atoms with Gasteiger partial charge < -0.3 is 4.74 Å². The van der Waals surface area contributed by atoms with Crippen LogP contribution in [-0.4, -0.2) is 12.6 Å². The maximum Gasteiger partial charge on any atom is 0.309 e. The van der Waals surface area contributed by atoms with E-state index in [0.29, 0.717) is 6.61 Å². The van der Waals surface area contributed by atoms with E-state index in [9.17, 15) is 4.79 Å². The van der Waals surface area contributed by atoms with Crippen LogP contribution in [0.15, 0.2) is 30.3 Å². The molecule has 1 fully saturated rings. The molecule has 1 aliphatic heterocycles. The highest BCUT2D eigenvalue weighted by atomic mass is 16.5. The van der Waals surface area contributed by atoms with Crippen LogP contribution in [0.2, 0.25) is 0 Å². The Morgan fingerprint density at radius 2 is 2.07 bits per heavy atom. The Labute approximate surface area is 83.9 Å². The van der Waals surface area contributed by atoms with E-state index in [-0.39, 0.29) is 17.8 Å². The molecular formula is C12H14O2. The Balaban J connectivity index is 2.16. The molecule has 1 aromatic rings. The van der Waals surface area contributed by atoms with Crippen LogP contribution in [0.3, 0.4) is 0 Å². The third kappa shape index (κ3) is 1.65. The molecule has 0 radical (unpaired) electrons. The summed E-state index contributed by atoms with van der Waals surface area (Å²) in [5.41, 5.74) is 1.22. The largest absolute Gasteiger partial charge is 0.465 e. The fourth-order valence-electron chi connectivity index (χ4n) is 1.95. The van der Waals surface area contributed by atoms with Crippen LogP contribution in [0.4, 0.5) is 0 Å². The molecule has 0 saturated carbocycles. The van der Waals surface area contributed by atoms with Gasteiger partial charge in [0.15, 0.2) is 0 Å². The Kier molecular flexibility index (Phi) is 2.53. The third-order valence-electron chi connectivity index (χ3n) is 2.90. The predicted molar refractivity (Wildman–Crippen MR) is 53.9 cm³/mol. The van der Waals surface area contributed by atoms with E-state index >= 15 is 0 Å². The summed E-state index contributed by atoms with van der Waals surface area (Å²) in [4.78, 5) is 11.4. The van der Waals surface area contributed by atoms with Crippen molar-refractivity contribution in [1.82, 2.24) is 0 Å². The standard InChI is InChI=1S/C12H14O2/c1-9(10-5-3-2-4-6-10)11-7-8-14-12(11)13/h2-6,9,11H,7-8H2,1H3. The molecule has 0 spiro atoms. The summed E-state index contributed by atoms with van der Waals surface area (Å²) in [5, 5.41) is 0. The van der Waals surface area contributed by atoms with Gasteiger partial charge in [0.05, 0.1) is 12.5 Å². The molecule has 1 aromatic carbocycles. The quantitative estimate of drug-likeness (QED) is 0.669. The van der Waals surface area contributed by atoms with Crippen LogP contribution in [0, 0.1) is 5.92 Å². The first-order valence-electron chi connectivity index (χ1n) is 5.00. The van der Waals surface area contributed by atoms with Crippen molar-refractivity contribution in [3.63, 3.8) is 0 Å². The fraction of sp³-hybridized carbons (Fsp3) is 0.417. The van der Waals surface area contributed by atoms with Crippen molar-refractivity contribution in [1.29, 1.82) is 0 Å². The van der Waals surface area contributed by atoms with Gasteiger partial charge in [0.25, 0.3) is 0 Å². The minimum Gasteiger partial charge on any atom is -0.465 e. The van der Waals surface area contributed by atoms with Gasteiger partial charge in [-0.15, -0.1) is 0 Å². The first-order valence-corrected chi connectivity index (χ1v) is 5.00. The zero-order valence-electron chi connectivity index (χ0n) is 8.27. The molecule has 1 aliphatic rings. The summed E-state index contributed by atoms with van der Waals surface area (Å²) in [7, 11) is 0. The van der Waals surface area contributed by atoms with E-state index in [1.807, 2.05) is 18.2 Å². The first-order chi connectivity index (χ1) is 6.79. The molecule has 0 bridgehead atoms. The van der Waals surface area contributed by atoms with Crippen molar-refractivity contribution < 1.29 is 9.53 Å². The summed E-state index contributed by atoms with van der Waals surface area (Å²) in [6, 6.07) is 10.1. The summed E-state index contributed by atoms with van der Waals surface area (Å²) < 4.78 is 4.97. The predicted octanol–water partition coefficient (Wildman–Crippen LogP) is 2.35. The number of rotatable bonds is 2. The van der Waals surface area contributed by atoms with Crippen molar-refractivity contribution in [3.8, 4) is 0 Å². The maximum atomic E-state index is 11.4. The van der Waals surface area contributed by atoms with Gasteiger partial charge in [0.1, 0.15) is 0 Å². The fourth-order valence-corrected chi connectivity index (χ4v) is 1.95. The average molecular weight is 190 g/mol. The monoisotopic (exact) mass is 190 g/mol. The average Bonchev–Trinajstić information content (AvgIpc) is 2.65. The lowest BCUT2D eigenvalue weighted by Crippen LogP contribution is -2.15. The van der Waals surface area contributed by atoms with Gasteiger partial charge in [0.2, 0.25) is 0 Å². The maximum absolute atomic E-state index is 11.4. The molecule has 1 heterocycles. The van der Waals surface area contributed by atoms with Crippen LogP contribution in [-0.2, 0) is 9.53 Å². The molecule has 2 unspecified atom stereocenters. The molecule has 2 heteroatoms. The zero-order valence-corrected chi connectivity index (χ0v) is 8.27. The van der Waals surface area contributed by atoms with E-state index in [2.05, 4.69) is 19.1 Å². The number of carbonyl (C=O) groups is 1. The SMILES string of the molecule is CC(c1ccccc1)C1CCOC1=O. The lowest BCUT2D eigenvalue weighted by atomic mass is 9.87. The highest BCUT2D eigenvalue weighted by molar-refractivity contribution is 5.75. The van der Waals surface area contributed by atoms with Gasteiger partial charge in [-0.25, -0.2) is 0 Å². The van der Waals surface area contributed by atoms with Crippen molar-refractivity contribution in [3.05, 3.63) is 35.9 Å². The molecule has 14 heavy (non-hydrogen) atoms. The minimum absolute atomic E-state index is 0.0404. The van der Waals surface area contributed by atoms with Crippen molar-refractivity contribution in [2.45, 2.75) is 19.3 Å². The van der Waals surface area contributed by atoms with Crippen molar-refractivity contribution in [2.24, 2.45) is 5.92 Å². The third-order valence-corrected chi connectivity index (χ3v) is 2.90. The van der Waals surface area contributed by atoms with Crippen molar-refractivity contribution in [2.75, 3.05) is 6.61 Å². The lowest BCUT2D eigenvalue weighted by molar-refractivity contribution is -0.141. The Bertz CT molecular complexity index is 318. The van der Waals surface area contributed by atoms with E-state index < -0.39 is 0 Å². The van der Waals surface area contributed by atoms with Crippen LogP contribution in [0.5, 0.6) is 0 Å². The van der Waals surface area contributed by atoms with Crippen LogP contribution < -0.4 is 0 Å². The summed E-state index contributed by atoms with van der Waals surface area (Å²) in [6.45, 7) is 2.67. The van der Waals surface area contributed by atoms with Gasteiger partial charge in [-0.2, -0.15) is 0 Å². The normalized spacial score (nSPS) is 23.2. The molecule has 0 amide bonds. The highest BCUT2D eigenvalue weighted by Crippen LogP contribution is 2.30. The second kappa shape index (κ2) is 3.82. The smallest absolute Gasteiger partial charge is 0.309 e. The van der Waals surface area contributed by atoms with Gasteiger partial charge in [0, 0.05) is 0 Å². The summed E-state index contributed by atoms with van der Waals surface area (Å²) in [6.07, 6.45) is 0.856. The number of benzene rings is 1. The van der Waals surface area contributed by atoms with E-state index in [0.717, 1.165) is 6.42 Å². The van der Waals surface area contributed by atoms with Gasteiger partial charge in [-0.1, -0.05) is 37.3 Å². The number of hydrogen-bond acceptors (Lipinski definition) is 2. The Hall–Kier alpha value is -1.31. The molecule has 74 valence electrons. The van der Waals surface area contributed by atoms with Crippen LogP contribution in [0.1, 0.15) is 24.8 Å². The van der Waals surface area contributed by atoms with E-state index in [1.54, 1.807) is 0 Å². The van der Waals surface area contributed by atoms with Gasteiger partial charge in [-0.3, -0.25) is 4.79 Å². The lowest BCUT2D eigenvalue weighted by Gasteiger charge is -2.15. The molecule has 0 aliphatic carbocycles. The molecule has 1 saturated heterocycles. The molecule has 2 atom stereocenters. The molecule has 0 aromatic heterocycles. The number of hydrogen-bond donors (Lipinski definition) is 0. The zero-order chi connectivity index (χ0) is 9.97. The second-order valence-corrected chi connectivity index (χ2v) is 3.76. The van der Waals surface area contributed by atoms with E-state index in [4.69, 9.17) is 4.74 Å². The highest BCUT2D eigenvalue weighted by Gasteiger charge is 2.32. The minimum atomic E-state index is -0.0404. The number of esters is 1. The molecule has 2 nitrogen and oxygen atoms in total. The number of cyclic esters (lactones) is 1. The molecule has 2 rings (SSSR count). The van der Waals surface area contributed by atoms with E-state index in [1.165, 1.54) is 5.56 Å². The number of carbonyl (C=O) groups excluding carboxylic acids is 1. The first kappa shape index (κ1) is 9.25. The molecular weight excluding hydrogens is 176 g/mol. The number of ether oxygens (including phenoxy) is 1. The Morgan fingerprint density at radius 3 is 2.64 bits per heavy atom. The second-order valence-electron chi connectivity index (χ2n) is 3.76. The van der Waals surface area contributed by atoms with Crippen LogP contribution >= 0.6 is 0 Å². The van der Waals surface area contributed by atoms with Gasteiger partial charge >= 0.3 is 5.97 Å². The Morgan fingerprint density at radius 1 is 1.36 bits per heavy atom. The van der Waals surface area contributed by atoms with Gasteiger partial charge in [-0.05, 0) is 17.9 Å². The summed E-state index contributed by atoms with van der Waals surface area (Å²) >= 11 is 0. The van der Waals surface area contributed by atoms with Crippen LogP contribution in [0.25, 0.3) is 0 Å². The molecule has 0 N–H and O–H groups in total.